The Morgan fingerprint density at radius 1 is 1.33 bits per heavy atom. The maximum absolute atomic E-state index is 10.3. The van der Waals surface area contributed by atoms with Gasteiger partial charge in [0.2, 0.25) is 0 Å². The van der Waals surface area contributed by atoms with E-state index >= 15 is 0 Å². The molecule has 1 aliphatic heterocycles. The summed E-state index contributed by atoms with van der Waals surface area (Å²) in [6, 6.07) is 9.93. The predicted octanol–water partition coefficient (Wildman–Crippen LogP) is 2.84. The number of benzene rings is 1. The molecule has 3 nitrogen and oxygen atoms in total. The van der Waals surface area contributed by atoms with E-state index in [0.29, 0.717) is 0 Å². The minimum absolute atomic E-state index is 0.0945. The number of fused-ring (bicyclic) bond motifs is 1. The number of hydrogen-bond acceptors (Lipinski definition) is 3. The number of aliphatic hydroxyl groups excluding tert-OH is 1. The van der Waals surface area contributed by atoms with Crippen molar-refractivity contribution in [3.8, 4) is 0 Å². The highest BCUT2D eigenvalue weighted by molar-refractivity contribution is 5.78. The van der Waals surface area contributed by atoms with Gasteiger partial charge in [-0.25, -0.2) is 0 Å². The van der Waals surface area contributed by atoms with Crippen molar-refractivity contribution in [1.29, 1.82) is 0 Å². The van der Waals surface area contributed by atoms with Gasteiger partial charge in [0.25, 0.3) is 0 Å². The summed E-state index contributed by atoms with van der Waals surface area (Å²) in [5.41, 5.74) is 1.79. The van der Waals surface area contributed by atoms with Crippen LogP contribution >= 0.6 is 0 Å². The van der Waals surface area contributed by atoms with E-state index in [1.165, 1.54) is 0 Å². The standard InChI is InChI=1S/C15H17NO2/c1-10-6-7-14(18-10)15(17)12-8-11-4-2-3-5-13(11)16-9-12/h2-5,8-10,14-15,17H,6-7H2,1H3. The monoisotopic (exact) mass is 243 g/mol. The fourth-order valence-electron chi connectivity index (χ4n) is 2.53. The molecule has 3 heteroatoms. The Morgan fingerprint density at radius 3 is 2.94 bits per heavy atom. The van der Waals surface area contributed by atoms with Crippen molar-refractivity contribution in [2.45, 2.75) is 38.1 Å². The van der Waals surface area contributed by atoms with Gasteiger partial charge in [-0.1, -0.05) is 18.2 Å². The van der Waals surface area contributed by atoms with Gasteiger partial charge in [0.15, 0.2) is 0 Å². The first-order chi connectivity index (χ1) is 8.74. The molecule has 3 unspecified atom stereocenters. The van der Waals surface area contributed by atoms with E-state index in [2.05, 4.69) is 4.98 Å². The molecule has 2 heterocycles. The topological polar surface area (TPSA) is 42.4 Å². The summed E-state index contributed by atoms with van der Waals surface area (Å²) in [4.78, 5) is 4.38. The van der Waals surface area contributed by atoms with Crippen molar-refractivity contribution in [2.24, 2.45) is 0 Å². The second kappa shape index (κ2) is 4.67. The molecule has 3 rings (SSSR count). The number of rotatable bonds is 2. The fourth-order valence-corrected chi connectivity index (χ4v) is 2.53. The van der Waals surface area contributed by atoms with Crippen LogP contribution in [-0.4, -0.2) is 22.3 Å². The molecule has 18 heavy (non-hydrogen) atoms. The number of ether oxygens (including phenoxy) is 1. The van der Waals surface area contributed by atoms with E-state index < -0.39 is 6.10 Å². The third-order valence-electron chi connectivity index (χ3n) is 3.57. The Labute approximate surface area is 106 Å². The average Bonchev–Trinajstić information content (AvgIpc) is 2.84. The zero-order valence-corrected chi connectivity index (χ0v) is 10.4. The lowest BCUT2D eigenvalue weighted by Crippen LogP contribution is -2.18. The summed E-state index contributed by atoms with van der Waals surface area (Å²) in [6.07, 6.45) is 3.25. The number of aromatic nitrogens is 1. The number of pyridine rings is 1. The summed E-state index contributed by atoms with van der Waals surface area (Å²) in [5.74, 6) is 0. The van der Waals surface area contributed by atoms with Crippen molar-refractivity contribution < 1.29 is 9.84 Å². The Kier molecular flexibility index (Phi) is 3.02. The van der Waals surface area contributed by atoms with Gasteiger partial charge in [0.05, 0.1) is 17.7 Å². The summed E-state index contributed by atoms with van der Waals surface area (Å²) < 4.78 is 5.71. The maximum atomic E-state index is 10.3. The number of hydrogen-bond donors (Lipinski definition) is 1. The highest BCUT2D eigenvalue weighted by atomic mass is 16.5. The third-order valence-corrected chi connectivity index (χ3v) is 3.57. The van der Waals surface area contributed by atoms with Crippen LogP contribution < -0.4 is 0 Å². The zero-order chi connectivity index (χ0) is 12.5. The molecule has 0 bridgehead atoms. The van der Waals surface area contributed by atoms with Crippen molar-refractivity contribution in [2.75, 3.05) is 0 Å². The Hall–Kier alpha value is -1.45. The van der Waals surface area contributed by atoms with Crippen LogP contribution in [0.5, 0.6) is 0 Å². The first-order valence-electron chi connectivity index (χ1n) is 6.42. The van der Waals surface area contributed by atoms with Crippen molar-refractivity contribution in [3.63, 3.8) is 0 Å². The Bertz CT molecular complexity index is 555. The molecule has 1 fully saturated rings. The van der Waals surface area contributed by atoms with Gasteiger partial charge in [-0.05, 0) is 31.9 Å². The van der Waals surface area contributed by atoms with E-state index in [4.69, 9.17) is 4.74 Å². The van der Waals surface area contributed by atoms with Crippen molar-refractivity contribution in [3.05, 3.63) is 42.1 Å². The SMILES string of the molecule is CC1CCC(C(O)c2cnc3ccccc3c2)O1. The Morgan fingerprint density at radius 2 is 2.17 bits per heavy atom. The summed E-state index contributed by atoms with van der Waals surface area (Å²) in [5, 5.41) is 11.4. The van der Waals surface area contributed by atoms with Gasteiger partial charge < -0.3 is 9.84 Å². The molecule has 2 aromatic rings. The van der Waals surface area contributed by atoms with Crippen LogP contribution in [0.3, 0.4) is 0 Å². The van der Waals surface area contributed by atoms with E-state index in [0.717, 1.165) is 29.3 Å². The minimum Gasteiger partial charge on any atom is -0.386 e. The molecule has 0 radical (unpaired) electrons. The van der Waals surface area contributed by atoms with Crippen molar-refractivity contribution in [1.82, 2.24) is 4.98 Å². The molecule has 0 spiro atoms. The van der Waals surface area contributed by atoms with Crippen LogP contribution in [0.15, 0.2) is 36.5 Å². The predicted molar refractivity (Wildman–Crippen MR) is 70.3 cm³/mol. The molecule has 1 aliphatic rings. The molecule has 0 aliphatic carbocycles. The lowest BCUT2D eigenvalue weighted by molar-refractivity contribution is -0.0298. The van der Waals surface area contributed by atoms with E-state index in [1.54, 1.807) is 6.20 Å². The second-order valence-electron chi connectivity index (χ2n) is 4.97. The number of para-hydroxylation sites is 1. The van der Waals surface area contributed by atoms with E-state index in [-0.39, 0.29) is 12.2 Å². The first-order valence-corrected chi connectivity index (χ1v) is 6.42. The number of nitrogens with zero attached hydrogens (tertiary/aromatic N) is 1. The molecule has 1 aromatic carbocycles. The van der Waals surface area contributed by atoms with Gasteiger partial charge in [-0.3, -0.25) is 4.98 Å². The van der Waals surface area contributed by atoms with Crippen LogP contribution in [0.25, 0.3) is 10.9 Å². The molecule has 1 aromatic heterocycles. The van der Waals surface area contributed by atoms with Crippen molar-refractivity contribution >= 4 is 10.9 Å². The average molecular weight is 243 g/mol. The molecular formula is C15H17NO2. The van der Waals surface area contributed by atoms with Crippen LogP contribution in [0.1, 0.15) is 31.4 Å². The molecule has 3 atom stereocenters. The third kappa shape index (κ3) is 2.11. The van der Waals surface area contributed by atoms with Crippen LogP contribution in [0, 0.1) is 0 Å². The second-order valence-corrected chi connectivity index (χ2v) is 4.97. The number of aliphatic hydroxyl groups is 1. The van der Waals surface area contributed by atoms with Gasteiger partial charge in [-0.2, -0.15) is 0 Å². The summed E-state index contributed by atoms with van der Waals surface area (Å²) in [6.45, 7) is 2.05. The zero-order valence-electron chi connectivity index (χ0n) is 10.4. The van der Waals surface area contributed by atoms with Gasteiger partial charge in [0.1, 0.15) is 6.10 Å². The first kappa shape index (κ1) is 11.6. The summed E-state index contributed by atoms with van der Waals surface area (Å²) >= 11 is 0. The van der Waals surface area contributed by atoms with Gasteiger partial charge >= 0.3 is 0 Å². The molecule has 1 saturated heterocycles. The lowest BCUT2D eigenvalue weighted by atomic mass is 10.0. The lowest BCUT2D eigenvalue weighted by Gasteiger charge is -2.18. The smallest absolute Gasteiger partial charge is 0.107 e. The summed E-state index contributed by atoms with van der Waals surface area (Å²) in [7, 11) is 0. The van der Waals surface area contributed by atoms with E-state index in [9.17, 15) is 5.11 Å². The largest absolute Gasteiger partial charge is 0.386 e. The van der Waals surface area contributed by atoms with Gasteiger partial charge in [-0.15, -0.1) is 0 Å². The highest BCUT2D eigenvalue weighted by Crippen LogP contribution is 2.30. The quantitative estimate of drug-likeness (QED) is 0.882. The van der Waals surface area contributed by atoms with Crippen LogP contribution in [-0.2, 0) is 4.74 Å². The Balaban J connectivity index is 1.89. The van der Waals surface area contributed by atoms with Crippen LogP contribution in [0.4, 0.5) is 0 Å². The fraction of sp³-hybridized carbons (Fsp3) is 0.400. The van der Waals surface area contributed by atoms with Crippen LogP contribution in [0.2, 0.25) is 0 Å². The van der Waals surface area contributed by atoms with Gasteiger partial charge in [0, 0.05) is 17.1 Å². The normalized spacial score (nSPS) is 25.4. The highest BCUT2D eigenvalue weighted by Gasteiger charge is 2.29. The molecule has 94 valence electrons. The minimum atomic E-state index is -0.577. The molecule has 1 N–H and O–H groups in total. The molecule has 0 saturated carbocycles. The molecular weight excluding hydrogens is 226 g/mol. The maximum Gasteiger partial charge on any atom is 0.107 e. The molecule has 0 amide bonds. The van der Waals surface area contributed by atoms with E-state index in [1.807, 2.05) is 37.3 Å².